The quantitative estimate of drug-likeness (QED) is 0.531. The molecule has 1 aliphatic rings. The highest BCUT2D eigenvalue weighted by Crippen LogP contribution is 2.14. The molecule has 0 aromatic heterocycles. The summed E-state index contributed by atoms with van der Waals surface area (Å²) in [5.41, 5.74) is 3.71. The van der Waals surface area contributed by atoms with Crippen LogP contribution in [0.5, 0.6) is 0 Å². The molecule has 17 heavy (non-hydrogen) atoms. The molecule has 1 atom stereocenters. The highest BCUT2D eigenvalue weighted by atomic mass is 16.5. The largest absolute Gasteiger partial charge is 0.381 e. The maximum absolute atomic E-state index is 11.9. The number of amides is 1. The molecule has 2 rings (SSSR count). The maximum Gasteiger partial charge on any atom is 0.253 e. The fraction of sp³-hybridized carbons (Fsp3) is 0.417. The van der Waals surface area contributed by atoms with Crippen molar-refractivity contribution in [2.24, 2.45) is 11.8 Å². The molecule has 92 valence electrons. The van der Waals surface area contributed by atoms with E-state index in [-0.39, 0.29) is 5.91 Å². The Morgan fingerprint density at radius 2 is 2.29 bits per heavy atom. The Kier molecular flexibility index (Phi) is 3.95. The van der Waals surface area contributed by atoms with Crippen molar-refractivity contribution >= 4 is 11.6 Å². The summed E-state index contributed by atoms with van der Waals surface area (Å²) in [6, 6.07) is 7.16. The van der Waals surface area contributed by atoms with E-state index in [0.717, 1.165) is 19.6 Å². The van der Waals surface area contributed by atoms with Gasteiger partial charge < -0.3 is 15.5 Å². The average Bonchev–Trinajstić information content (AvgIpc) is 2.89. The van der Waals surface area contributed by atoms with E-state index in [9.17, 15) is 4.79 Å². The summed E-state index contributed by atoms with van der Waals surface area (Å²) in [6.07, 6.45) is 1.01. The molecule has 1 heterocycles. The predicted molar refractivity (Wildman–Crippen MR) is 65.5 cm³/mol. The number of carbonyl (C=O) groups is 1. The lowest BCUT2D eigenvalue weighted by Crippen LogP contribution is -2.30. The van der Waals surface area contributed by atoms with E-state index < -0.39 is 0 Å². The molecule has 4 N–H and O–H groups in total. The van der Waals surface area contributed by atoms with Gasteiger partial charge in [-0.3, -0.25) is 10.6 Å². The Morgan fingerprint density at radius 1 is 1.47 bits per heavy atom. The standard InChI is InChI=1S/C12H17N3O2/c13-15-11-4-2-1-3-10(11)12(16)14-7-9-5-6-17-8-9/h1-4,9,15H,5-8,13H2,(H,14,16). The third-order valence-electron chi connectivity index (χ3n) is 2.90. The van der Waals surface area contributed by atoms with Gasteiger partial charge in [0, 0.05) is 19.1 Å². The molecule has 1 unspecified atom stereocenters. The first-order valence-corrected chi connectivity index (χ1v) is 5.73. The number of hydrogen-bond donors (Lipinski definition) is 3. The highest BCUT2D eigenvalue weighted by Gasteiger charge is 2.17. The van der Waals surface area contributed by atoms with Crippen LogP contribution in [0, 0.1) is 5.92 Å². The number of carbonyl (C=O) groups excluding carboxylic acids is 1. The number of ether oxygens (including phenoxy) is 1. The van der Waals surface area contributed by atoms with Crippen LogP contribution in [0.15, 0.2) is 24.3 Å². The SMILES string of the molecule is NNc1ccccc1C(=O)NCC1CCOC1. The minimum Gasteiger partial charge on any atom is -0.381 e. The van der Waals surface area contributed by atoms with E-state index in [0.29, 0.717) is 23.7 Å². The molecule has 0 aliphatic carbocycles. The summed E-state index contributed by atoms with van der Waals surface area (Å²) in [6.45, 7) is 2.18. The van der Waals surface area contributed by atoms with Crippen molar-refractivity contribution in [1.29, 1.82) is 0 Å². The van der Waals surface area contributed by atoms with Crippen LogP contribution in [-0.2, 0) is 4.74 Å². The van der Waals surface area contributed by atoms with Gasteiger partial charge in [-0.2, -0.15) is 0 Å². The van der Waals surface area contributed by atoms with Gasteiger partial charge in [0.05, 0.1) is 17.9 Å². The lowest BCUT2D eigenvalue weighted by Gasteiger charge is -2.11. The van der Waals surface area contributed by atoms with Gasteiger partial charge in [0.15, 0.2) is 0 Å². The highest BCUT2D eigenvalue weighted by molar-refractivity contribution is 5.99. The number of para-hydroxylation sites is 1. The van der Waals surface area contributed by atoms with E-state index >= 15 is 0 Å². The minimum atomic E-state index is -0.106. The van der Waals surface area contributed by atoms with Gasteiger partial charge in [-0.1, -0.05) is 12.1 Å². The molecule has 0 radical (unpaired) electrons. The van der Waals surface area contributed by atoms with Gasteiger partial charge in [0.1, 0.15) is 0 Å². The number of nitrogens with two attached hydrogens (primary N) is 1. The van der Waals surface area contributed by atoms with Crippen LogP contribution in [0.4, 0.5) is 5.69 Å². The fourth-order valence-corrected chi connectivity index (χ4v) is 1.88. The van der Waals surface area contributed by atoms with E-state index in [1.54, 1.807) is 12.1 Å². The Balaban J connectivity index is 1.94. The molecule has 1 saturated heterocycles. The lowest BCUT2D eigenvalue weighted by atomic mass is 10.1. The summed E-state index contributed by atoms with van der Waals surface area (Å²) >= 11 is 0. The summed E-state index contributed by atoms with van der Waals surface area (Å²) in [5, 5.41) is 2.90. The Bertz CT molecular complexity index is 389. The molecule has 1 aromatic rings. The monoisotopic (exact) mass is 235 g/mol. The van der Waals surface area contributed by atoms with Crippen LogP contribution in [0.3, 0.4) is 0 Å². The van der Waals surface area contributed by atoms with Gasteiger partial charge >= 0.3 is 0 Å². The third-order valence-corrected chi connectivity index (χ3v) is 2.90. The number of hydrazine groups is 1. The van der Waals surface area contributed by atoms with Crippen molar-refractivity contribution in [3.8, 4) is 0 Å². The van der Waals surface area contributed by atoms with Crippen LogP contribution in [0.25, 0.3) is 0 Å². The molecule has 0 spiro atoms. The second-order valence-corrected chi connectivity index (χ2v) is 4.13. The first kappa shape index (κ1) is 11.9. The molecule has 1 aromatic carbocycles. The fourth-order valence-electron chi connectivity index (χ4n) is 1.88. The molecule has 5 heteroatoms. The second-order valence-electron chi connectivity index (χ2n) is 4.13. The zero-order valence-electron chi connectivity index (χ0n) is 9.61. The predicted octanol–water partition coefficient (Wildman–Crippen LogP) is 0.738. The van der Waals surface area contributed by atoms with Gasteiger partial charge in [-0.25, -0.2) is 0 Å². The summed E-state index contributed by atoms with van der Waals surface area (Å²) < 4.78 is 5.26. The number of nitrogen functional groups attached to an aromatic ring is 1. The van der Waals surface area contributed by atoms with Crippen molar-refractivity contribution in [3.63, 3.8) is 0 Å². The van der Waals surface area contributed by atoms with E-state index in [1.807, 2.05) is 12.1 Å². The molecular weight excluding hydrogens is 218 g/mol. The molecule has 1 fully saturated rings. The molecule has 0 bridgehead atoms. The Morgan fingerprint density at radius 3 is 3.00 bits per heavy atom. The first-order chi connectivity index (χ1) is 8.31. The summed E-state index contributed by atoms with van der Waals surface area (Å²) in [4.78, 5) is 11.9. The van der Waals surface area contributed by atoms with Crippen LogP contribution < -0.4 is 16.6 Å². The van der Waals surface area contributed by atoms with E-state index in [4.69, 9.17) is 10.6 Å². The van der Waals surface area contributed by atoms with Gasteiger partial charge in [0.2, 0.25) is 0 Å². The van der Waals surface area contributed by atoms with E-state index in [1.165, 1.54) is 0 Å². The molecule has 1 amide bonds. The van der Waals surface area contributed by atoms with Crippen LogP contribution in [-0.4, -0.2) is 25.7 Å². The Labute approximate surface area is 100 Å². The molecular formula is C12H17N3O2. The number of hydrogen-bond acceptors (Lipinski definition) is 4. The van der Waals surface area contributed by atoms with Gasteiger partial charge in [-0.15, -0.1) is 0 Å². The smallest absolute Gasteiger partial charge is 0.253 e. The zero-order chi connectivity index (χ0) is 12.1. The number of benzene rings is 1. The average molecular weight is 235 g/mol. The van der Waals surface area contributed by atoms with Crippen molar-refractivity contribution in [2.45, 2.75) is 6.42 Å². The topological polar surface area (TPSA) is 76.4 Å². The Hall–Kier alpha value is -1.59. The van der Waals surface area contributed by atoms with Crippen LogP contribution >= 0.6 is 0 Å². The molecule has 0 saturated carbocycles. The normalized spacial score (nSPS) is 19.0. The van der Waals surface area contributed by atoms with Crippen molar-refractivity contribution in [3.05, 3.63) is 29.8 Å². The third kappa shape index (κ3) is 2.95. The van der Waals surface area contributed by atoms with Crippen LogP contribution in [0.2, 0.25) is 0 Å². The number of anilines is 1. The number of rotatable bonds is 4. The van der Waals surface area contributed by atoms with Crippen molar-refractivity contribution < 1.29 is 9.53 Å². The summed E-state index contributed by atoms with van der Waals surface area (Å²) in [7, 11) is 0. The molecule has 1 aliphatic heterocycles. The second kappa shape index (κ2) is 5.65. The lowest BCUT2D eigenvalue weighted by molar-refractivity contribution is 0.0946. The zero-order valence-corrected chi connectivity index (χ0v) is 9.61. The first-order valence-electron chi connectivity index (χ1n) is 5.73. The van der Waals surface area contributed by atoms with Crippen molar-refractivity contribution in [1.82, 2.24) is 5.32 Å². The van der Waals surface area contributed by atoms with Crippen molar-refractivity contribution in [2.75, 3.05) is 25.2 Å². The van der Waals surface area contributed by atoms with E-state index in [2.05, 4.69) is 10.7 Å². The number of nitrogens with one attached hydrogen (secondary N) is 2. The van der Waals surface area contributed by atoms with Crippen LogP contribution in [0.1, 0.15) is 16.8 Å². The summed E-state index contributed by atoms with van der Waals surface area (Å²) in [5.74, 6) is 5.68. The van der Waals surface area contributed by atoms with Gasteiger partial charge in [0.25, 0.3) is 5.91 Å². The van der Waals surface area contributed by atoms with Gasteiger partial charge in [-0.05, 0) is 18.6 Å². The molecule has 5 nitrogen and oxygen atoms in total. The maximum atomic E-state index is 11.9. The minimum absolute atomic E-state index is 0.106.